The monoisotopic (exact) mass is 234 g/mol. The first-order valence-corrected chi connectivity index (χ1v) is 6.38. The first-order valence-electron chi connectivity index (χ1n) is 6.38. The van der Waals surface area contributed by atoms with E-state index in [0.717, 1.165) is 5.75 Å². The third-order valence-corrected chi connectivity index (χ3v) is 3.10. The highest BCUT2D eigenvalue weighted by Crippen LogP contribution is 2.35. The fourth-order valence-electron chi connectivity index (χ4n) is 1.68. The summed E-state index contributed by atoms with van der Waals surface area (Å²) in [6.45, 7) is 15.3. The van der Waals surface area contributed by atoms with E-state index in [0.29, 0.717) is 11.3 Å². The molecule has 0 aromatic heterocycles. The molecule has 1 aromatic rings. The van der Waals surface area contributed by atoms with Crippen LogP contribution in [-0.4, -0.2) is 5.60 Å². The van der Waals surface area contributed by atoms with Crippen LogP contribution >= 0.6 is 0 Å². The molecule has 96 valence electrons. The summed E-state index contributed by atoms with van der Waals surface area (Å²) in [4.78, 5) is 0. The van der Waals surface area contributed by atoms with Crippen LogP contribution in [0.5, 0.6) is 5.75 Å². The third-order valence-electron chi connectivity index (χ3n) is 3.10. The van der Waals surface area contributed by atoms with Crippen LogP contribution in [0.1, 0.15) is 59.9 Å². The second-order valence-corrected chi connectivity index (χ2v) is 6.87. The van der Waals surface area contributed by atoms with E-state index in [4.69, 9.17) is 4.74 Å². The summed E-state index contributed by atoms with van der Waals surface area (Å²) in [7, 11) is 0. The molecule has 0 saturated heterocycles. The van der Waals surface area contributed by atoms with Gasteiger partial charge in [-0.2, -0.15) is 0 Å². The molecule has 1 rings (SSSR count). The number of hydrogen-bond acceptors (Lipinski definition) is 1. The van der Waals surface area contributed by atoms with E-state index in [1.54, 1.807) is 0 Å². The fourth-order valence-corrected chi connectivity index (χ4v) is 1.68. The summed E-state index contributed by atoms with van der Waals surface area (Å²) in [5.74, 6) is 1.49. The molecule has 0 fully saturated rings. The zero-order valence-electron chi connectivity index (χ0n) is 12.3. The molecule has 0 saturated carbocycles. The Kier molecular flexibility index (Phi) is 3.91. The van der Waals surface area contributed by atoms with Crippen LogP contribution in [0.25, 0.3) is 0 Å². The molecule has 0 aliphatic carbocycles. The van der Waals surface area contributed by atoms with Crippen LogP contribution in [0.15, 0.2) is 24.3 Å². The van der Waals surface area contributed by atoms with Gasteiger partial charge in [-0.3, -0.25) is 0 Å². The van der Waals surface area contributed by atoms with Crippen molar-refractivity contribution in [2.75, 3.05) is 0 Å². The van der Waals surface area contributed by atoms with Crippen LogP contribution in [0.4, 0.5) is 0 Å². The molecule has 0 spiro atoms. The van der Waals surface area contributed by atoms with Gasteiger partial charge >= 0.3 is 0 Å². The van der Waals surface area contributed by atoms with Gasteiger partial charge < -0.3 is 4.74 Å². The van der Waals surface area contributed by atoms with Crippen LogP contribution in [0, 0.1) is 5.41 Å². The van der Waals surface area contributed by atoms with Gasteiger partial charge in [0.2, 0.25) is 0 Å². The smallest absolute Gasteiger partial charge is 0.120 e. The van der Waals surface area contributed by atoms with Crippen molar-refractivity contribution >= 4 is 0 Å². The lowest BCUT2D eigenvalue weighted by Crippen LogP contribution is -2.23. The van der Waals surface area contributed by atoms with Gasteiger partial charge in [0.05, 0.1) is 0 Å². The lowest BCUT2D eigenvalue weighted by Gasteiger charge is -2.28. The number of benzene rings is 1. The highest BCUT2D eigenvalue weighted by molar-refractivity contribution is 5.30. The fraction of sp³-hybridized carbons (Fsp3) is 0.625. The minimum Gasteiger partial charge on any atom is -0.488 e. The van der Waals surface area contributed by atoms with Crippen LogP contribution in [0.3, 0.4) is 0 Å². The summed E-state index contributed by atoms with van der Waals surface area (Å²) in [5.41, 5.74) is 1.54. The van der Waals surface area contributed by atoms with Crippen molar-refractivity contribution < 1.29 is 4.74 Å². The zero-order valence-corrected chi connectivity index (χ0v) is 12.3. The van der Waals surface area contributed by atoms with Crippen molar-refractivity contribution in [3.63, 3.8) is 0 Å². The van der Waals surface area contributed by atoms with Crippen molar-refractivity contribution in [3.05, 3.63) is 29.8 Å². The second kappa shape index (κ2) is 4.72. The lowest BCUT2D eigenvalue weighted by atomic mass is 9.78. The minimum atomic E-state index is -0.128. The van der Waals surface area contributed by atoms with Gasteiger partial charge in [-0.25, -0.2) is 0 Å². The Bertz CT molecular complexity index is 349. The molecule has 0 aliphatic rings. The summed E-state index contributed by atoms with van der Waals surface area (Å²) in [5, 5.41) is 0. The van der Waals surface area contributed by atoms with E-state index in [1.807, 2.05) is 0 Å². The first kappa shape index (κ1) is 14.1. The average molecular weight is 234 g/mol. The van der Waals surface area contributed by atoms with Gasteiger partial charge in [0, 0.05) is 0 Å². The highest BCUT2D eigenvalue weighted by Gasteiger charge is 2.21. The van der Waals surface area contributed by atoms with E-state index < -0.39 is 0 Å². The molecule has 0 amide bonds. The molecule has 1 atom stereocenters. The largest absolute Gasteiger partial charge is 0.488 e. The maximum absolute atomic E-state index is 5.82. The molecule has 0 heterocycles. The Morgan fingerprint density at radius 3 is 1.71 bits per heavy atom. The minimum absolute atomic E-state index is 0.128. The number of hydrogen-bond donors (Lipinski definition) is 0. The Hall–Kier alpha value is -0.980. The maximum Gasteiger partial charge on any atom is 0.120 e. The van der Waals surface area contributed by atoms with Gasteiger partial charge in [-0.1, -0.05) is 39.8 Å². The normalized spacial score (nSPS) is 14.5. The summed E-state index contributed by atoms with van der Waals surface area (Å²) in [6.07, 6.45) is 0. The summed E-state index contributed by atoms with van der Waals surface area (Å²) >= 11 is 0. The van der Waals surface area contributed by atoms with E-state index in [2.05, 4.69) is 72.7 Å². The topological polar surface area (TPSA) is 9.23 Å². The van der Waals surface area contributed by atoms with Gasteiger partial charge in [0.15, 0.2) is 0 Å². The zero-order chi connectivity index (χ0) is 13.3. The summed E-state index contributed by atoms with van der Waals surface area (Å²) < 4.78 is 5.82. The maximum atomic E-state index is 5.82. The quantitative estimate of drug-likeness (QED) is 0.698. The van der Waals surface area contributed by atoms with Gasteiger partial charge in [0.1, 0.15) is 11.4 Å². The SMILES string of the molecule is CC(c1ccc(OC(C)(C)C)cc1)C(C)(C)C. The second-order valence-electron chi connectivity index (χ2n) is 6.87. The van der Waals surface area contributed by atoms with Crippen LogP contribution < -0.4 is 4.74 Å². The van der Waals surface area contributed by atoms with Crippen molar-refractivity contribution in [3.8, 4) is 5.75 Å². The molecule has 0 N–H and O–H groups in total. The Morgan fingerprint density at radius 1 is 0.882 bits per heavy atom. The van der Waals surface area contributed by atoms with Crippen LogP contribution in [0.2, 0.25) is 0 Å². The Morgan fingerprint density at radius 2 is 1.35 bits per heavy atom. The Balaban J connectivity index is 2.82. The highest BCUT2D eigenvalue weighted by atomic mass is 16.5. The van der Waals surface area contributed by atoms with Crippen molar-refractivity contribution in [1.29, 1.82) is 0 Å². The predicted octanol–water partition coefficient (Wildman–Crippen LogP) is 5.01. The molecule has 1 aromatic carbocycles. The molecule has 0 bridgehead atoms. The number of ether oxygens (including phenoxy) is 1. The molecular weight excluding hydrogens is 208 g/mol. The molecule has 0 aliphatic heterocycles. The first-order chi connectivity index (χ1) is 7.59. The molecule has 1 nitrogen and oxygen atoms in total. The number of rotatable bonds is 2. The van der Waals surface area contributed by atoms with E-state index >= 15 is 0 Å². The molecular formula is C16H26O. The van der Waals surface area contributed by atoms with Gasteiger partial charge in [-0.05, 0) is 49.8 Å². The standard InChI is InChI=1S/C16H26O/c1-12(15(2,3)4)13-8-10-14(11-9-13)17-16(5,6)7/h8-12H,1-7H3. The molecule has 1 unspecified atom stereocenters. The van der Waals surface area contributed by atoms with E-state index in [-0.39, 0.29) is 5.60 Å². The van der Waals surface area contributed by atoms with Crippen molar-refractivity contribution in [2.45, 2.75) is 60.0 Å². The molecule has 0 radical (unpaired) electrons. The average Bonchev–Trinajstić information content (AvgIpc) is 2.14. The lowest BCUT2D eigenvalue weighted by molar-refractivity contribution is 0.131. The van der Waals surface area contributed by atoms with Gasteiger partial charge in [0.25, 0.3) is 0 Å². The predicted molar refractivity (Wildman–Crippen MR) is 74.7 cm³/mol. The molecule has 1 heteroatoms. The third kappa shape index (κ3) is 4.41. The van der Waals surface area contributed by atoms with Crippen molar-refractivity contribution in [1.82, 2.24) is 0 Å². The Labute approximate surface area is 106 Å². The molecule has 17 heavy (non-hydrogen) atoms. The van der Waals surface area contributed by atoms with E-state index in [1.165, 1.54) is 5.56 Å². The van der Waals surface area contributed by atoms with Crippen molar-refractivity contribution in [2.24, 2.45) is 5.41 Å². The summed E-state index contributed by atoms with van der Waals surface area (Å²) in [6, 6.07) is 8.50. The van der Waals surface area contributed by atoms with Gasteiger partial charge in [-0.15, -0.1) is 0 Å². The van der Waals surface area contributed by atoms with Crippen LogP contribution in [-0.2, 0) is 0 Å². The van der Waals surface area contributed by atoms with E-state index in [9.17, 15) is 0 Å².